The largest absolute Gasteiger partial charge is 0.497 e. The Kier molecular flexibility index (Phi) is 4.74. The van der Waals surface area contributed by atoms with E-state index >= 15 is 0 Å². The summed E-state index contributed by atoms with van der Waals surface area (Å²) in [5, 5.41) is 0. The summed E-state index contributed by atoms with van der Waals surface area (Å²) in [5.41, 5.74) is 0.594. The molecular weight excluding hydrogens is 314 g/mol. The van der Waals surface area contributed by atoms with Crippen molar-refractivity contribution in [2.45, 2.75) is 25.3 Å². The van der Waals surface area contributed by atoms with E-state index in [-0.39, 0.29) is 11.7 Å². The number of carbonyl (C=O) groups is 1. The molecule has 2 aromatic rings. The predicted octanol–water partition coefficient (Wildman–Crippen LogP) is 3.74. The van der Waals surface area contributed by atoms with E-state index in [0.29, 0.717) is 18.4 Å². The Morgan fingerprint density at radius 3 is 2.88 bits per heavy atom. The quantitative estimate of drug-likeness (QED) is 0.860. The second-order valence-electron chi connectivity index (χ2n) is 5.77. The van der Waals surface area contributed by atoms with Crippen molar-refractivity contribution >= 4 is 5.91 Å². The highest BCUT2D eigenvalue weighted by atomic mass is 19.1. The van der Waals surface area contributed by atoms with E-state index in [4.69, 9.17) is 4.74 Å². The smallest absolute Gasteiger partial charge is 0.276 e. The molecule has 1 aliphatic heterocycles. The van der Waals surface area contributed by atoms with Gasteiger partial charge in [0.05, 0.1) is 19.3 Å². The molecule has 1 saturated heterocycles. The Morgan fingerprint density at radius 2 is 2.12 bits per heavy atom. The van der Waals surface area contributed by atoms with Crippen LogP contribution in [-0.4, -0.2) is 29.4 Å². The van der Waals surface area contributed by atoms with Crippen LogP contribution in [0.5, 0.6) is 5.75 Å². The molecule has 4 nitrogen and oxygen atoms in total. The molecule has 1 amide bonds. The molecule has 3 rings (SSSR count). The van der Waals surface area contributed by atoms with Crippen molar-refractivity contribution in [3.8, 4) is 5.75 Å². The molecule has 0 saturated carbocycles. The van der Waals surface area contributed by atoms with Crippen LogP contribution in [0, 0.1) is 11.6 Å². The molecule has 1 aromatic heterocycles. The second-order valence-corrected chi connectivity index (χ2v) is 5.77. The van der Waals surface area contributed by atoms with E-state index in [1.807, 2.05) is 24.3 Å². The third kappa shape index (κ3) is 3.22. The third-order valence-electron chi connectivity index (χ3n) is 4.25. The zero-order valence-corrected chi connectivity index (χ0v) is 13.3. The van der Waals surface area contributed by atoms with E-state index in [2.05, 4.69) is 4.98 Å². The fourth-order valence-corrected chi connectivity index (χ4v) is 3.08. The van der Waals surface area contributed by atoms with Gasteiger partial charge in [0.2, 0.25) is 0 Å². The summed E-state index contributed by atoms with van der Waals surface area (Å²) >= 11 is 0. The first-order valence-electron chi connectivity index (χ1n) is 7.86. The van der Waals surface area contributed by atoms with Crippen molar-refractivity contribution in [2.75, 3.05) is 13.7 Å². The van der Waals surface area contributed by atoms with Gasteiger partial charge in [-0.1, -0.05) is 12.1 Å². The molecule has 1 fully saturated rings. The Hall–Kier alpha value is -2.50. The first-order valence-corrected chi connectivity index (χ1v) is 7.86. The molecule has 6 heteroatoms. The summed E-state index contributed by atoms with van der Waals surface area (Å²) < 4.78 is 32.2. The molecule has 0 N–H and O–H groups in total. The Morgan fingerprint density at radius 1 is 1.29 bits per heavy atom. The minimum atomic E-state index is -0.935. The van der Waals surface area contributed by atoms with Crippen molar-refractivity contribution < 1.29 is 18.3 Å². The minimum Gasteiger partial charge on any atom is -0.497 e. The number of rotatable bonds is 3. The number of piperidine rings is 1. The first kappa shape index (κ1) is 16.4. The maximum Gasteiger partial charge on any atom is 0.276 e. The average molecular weight is 332 g/mol. The summed E-state index contributed by atoms with van der Waals surface area (Å²) in [6.45, 7) is 0.513. The van der Waals surface area contributed by atoms with Crippen LogP contribution in [0.1, 0.15) is 41.4 Å². The number of nitrogens with zero attached hydrogens (tertiary/aromatic N) is 2. The van der Waals surface area contributed by atoms with Gasteiger partial charge in [-0.2, -0.15) is 0 Å². The molecule has 2 heterocycles. The highest BCUT2D eigenvalue weighted by molar-refractivity contribution is 5.93. The number of amides is 1. The molecule has 126 valence electrons. The molecule has 0 aliphatic carbocycles. The van der Waals surface area contributed by atoms with Crippen LogP contribution in [0.25, 0.3) is 0 Å². The number of halogens is 2. The molecule has 0 radical (unpaired) electrons. The average Bonchev–Trinajstić information content (AvgIpc) is 2.61. The topological polar surface area (TPSA) is 42.4 Å². The van der Waals surface area contributed by atoms with Gasteiger partial charge in [-0.25, -0.2) is 13.8 Å². The SMILES string of the molecule is COc1cccc([C@H]2CCCCN2C(=O)c2ncc(F)cc2F)c1. The van der Waals surface area contributed by atoms with E-state index in [1.54, 1.807) is 12.0 Å². The van der Waals surface area contributed by atoms with Gasteiger partial charge in [-0.3, -0.25) is 4.79 Å². The first-order chi connectivity index (χ1) is 11.6. The normalized spacial score (nSPS) is 17.6. The van der Waals surface area contributed by atoms with Crippen molar-refractivity contribution in [3.05, 3.63) is 59.4 Å². The van der Waals surface area contributed by atoms with Gasteiger partial charge < -0.3 is 9.64 Å². The summed E-state index contributed by atoms with van der Waals surface area (Å²) in [6, 6.07) is 8.01. The number of likely N-dealkylation sites (tertiary alicyclic amines) is 1. The van der Waals surface area contributed by atoms with Crippen LogP contribution in [0.3, 0.4) is 0 Å². The highest BCUT2D eigenvalue weighted by Gasteiger charge is 2.31. The van der Waals surface area contributed by atoms with Crippen molar-refractivity contribution in [2.24, 2.45) is 0 Å². The molecule has 0 unspecified atom stereocenters. The highest BCUT2D eigenvalue weighted by Crippen LogP contribution is 2.33. The van der Waals surface area contributed by atoms with Crippen LogP contribution in [0.15, 0.2) is 36.5 Å². The van der Waals surface area contributed by atoms with Gasteiger partial charge in [0, 0.05) is 12.6 Å². The lowest BCUT2D eigenvalue weighted by atomic mass is 9.94. The number of methoxy groups -OCH3 is 1. The lowest BCUT2D eigenvalue weighted by Crippen LogP contribution is -2.39. The van der Waals surface area contributed by atoms with E-state index < -0.39 is 17.5 Å². The number of benzene rings is 1. The monoisotopic (exact) mass is 332 g/mol. The van der Waals surface area contributed by atoms with E-state index in [1.165, 1.54) is 0 Å². The Labute approximate surface area is 139 Å². The lowest BCUT2D eigenvalue weighted by molar-refractivity contribution is 0.0599. The van der Waals surface area contributed by atoms with Crippen molar-refractivity contribution in [1.29, 1.82) is 0 Å². The van der Waals surface area contributed by atoms with Crippen LogP contribution in [0.4, 0.5) is 8.78 Å². The zero-order valence-electron chi connectivity index (χ0n) is 13.3. The predicted molar refractivity (Wildman–Crippen MR) is 84.8 cm³/mol. The Balaban J connectivity index is 1.92. The number of hydrogen-bond acceptors (Lipinski definition) is 3. The molecule has 24 heavy (non-hydrogen) atoms. The summed E-state index contributed by atoms with van der Waals surface area (Å²) in [4.78, 5) is 18.0. The maximum atomic E-state index is 13.9. The van der Waals surface area contributed by atoms with Gasteiger partial charge >= 0.3 is 0 Å². The molecule has 1 aliphatic rings. The number of carbonyl (C=O) groups excluding carboxylic acids is 1. The number of pyridine rings is 1. The fourth-order valence-electron chi connectivity index (χ4n) is 3.08. The molecule has 1 atom stereocenters. The second kappa shape index (κ2) is 6.95. The maximum absolute atomic E-state index is 13.9. The van der Waals surface area contributed by atoms with Gasteiger partial charge in [0.25, 0.3) is 5.91 Å². The van der Waals surface area contributed by atoms with Crippen LogP contribution in [0.2, 0.25) is 0 Å². The molecular formula is C18H18F2N2O2. The molecule has 1 aromatic carbocycles. The van der Waals surface area contributed by atoms with Crippen molar-refractivity contribution in [1.82, 2.24) is 9.88 Å². The van der Waals surface area contributed by atoms with E-state index in [0.717, 1.165) is 31.0 Å². The zero-order chi connectivity index (χ0) is 17.1. The summed E-state index contributed by atoms with van der Waals surface area (Å²) in [6.07, 6.45) is 3.46. The van der Waals surface area contributed by atoms with Crippen LogP contribution in [-0.2, 0) is 0 Å². The third-order valence-corrected chi connectivity index (χ3v) is 4.25. The molecule has 0 bridgehead atoms. The summed E-state index contributed by atoms with van der Waals surface area (Å²) in [7, 11) is 1.58. The number of aromatic nitrogens is 1. The Bertz CT molecular complexity index is 752. The minimum absolute atomic E-state index is 0.174. The standard InChI is InChI=1S/C18H18F2N2O2/c1-24-14-6-4-5-12(9-14)16-7-2-3-8-22(16)18(23)17-15(20)10-13(19)11-21-17/h4-6,9-11,16H,2-3,7-8H2,1H3/t16-/m1/s1. The number of hydrogen-bond donors (Lipinski definition) is 0. The van der Waals surface area contributed by atoms with Crippen molar-refractivity contribution in [3.63, 3.8) is 0 Å². The fraction of sp³-hybridized carbons (Fsp3) is 0.333. The van der Waals surface area contributed by atoms with Crippen LogP contribution >= 0.6 is 0 Å². The molecule has 0 spiro atoms. The van der Waals surface area contributed by atoms with Gasteiger partial charge in [-0.05, 0) is 37.0 Å². The van der Waals surface area contributed by atoms with Crippen LogP contribution < -0.4 is 4.74 Å². The van der Waals surface area contributed by atoms with Gasteiger partial charge in [-0.15, -0.1) is 0 Å². The van der Waals surface area contributed by atoms with Gasteiger partial charge in [0.1, 0.15) is 11.6 Å². The lowest BCUT2D eigenvalue weighted by Gasteiger charge is -2.36. The van der Waals surface area contributed by atoms with Gasteiger partial charge in [0.15, 0.2) is 11.5 Å². The van der Waals surface area contributed by atoms with E-state index in [9.17, 15) is 13.6 Å². The number of ether oxygens (including phenoxy) is 1. The summed E-state index contributed by atoms with van der Waals surface area (Å²) in [5.74, 6) is -1.54.